The van der Waals surface area contributed by atoms with Gasteiger partial charge in [0, 0.05) is 6.20 Å². The molecule has 0 saturated heterocycles. The molecule has 1 aromatic carbocycles. The highest BCUT2D eigenvalue weighted by Gasteiger charge is 2.18. The molecule has 0 radical (unpaired) electrons. The SMILES string of the molecule is CCC(C)(C)c1ccc(Oc2ncc(C(=O)O)cc2F)cc1. The summed E-state index contributed by atoms with van der Waals surface area (Å²) in [5.74, 6) is -1.83. The van der Waals surface area contributed by atoms with Crippen LogP contribution in [-0.4, -0.2) is 16.1 Å². The number of hydrogen-bond donors (Lipinski definition) is 1. The fraction of sp³-hybridized carbons (Fsp3) is 0.294. The highest BCUT2D eigenvalue weighted by atomic mass is 19.1. The summed E-state index contributed by atoms with van der Waals surface area (Å²) in [4.78, 5) is 14.4. The third-order valence-corrected chi connectivity index (χ3v) is 3.79. The van der Waals surface area contributed by atoms with E-state index in [2.05, 4.69) is 25.8 Å². The van der Waals surface area contributed by atoms with Gasteiger partial charge in [0.05, 0.1) is 5.56 Å². The number of pyridine rings is 1. The van der Waals surface area contributed by atoms with Gasteiger partial charge in [-0.25, -0.2) is 14.2 Å². The molecule has 0 bridgehead atoms. The average Bonchev–Trinajstić information content (AvgIpc) is 2.49. The lowest BCUT2D eigenvalue weighted by Gasteiger charge is -2.23. The van der Waals surface area contributed by atoms with E-state index < -0.39 is 11.8 Å². The van der Waals surface area contributed by atoms with Crippen molar-refractivity contribution in [2.24, 2.45) is 0 Å². The van der Waals surface area contributed by atoms with Crippen LogP contribution < -0.4 is 4.74 Å². The second-order valence-corrected chi connectivity index (χ2v) is 5.68. The number of carboxylic acid groups (broad SMARTS) is 1. The van der Waals surface area contributed by atoms with E-state index in [0.717, 1.165) is 24.2 Å². The van der Waals surface area contributed by atoms with Crippen LogP contribution in [0.1, 0.15) is 43.1 Å². The molecule has 1 aromatic heterocycles. The molecule has 4 nitrogen and oxygen atoms in total. The molecule has 2 aromatic rings. The van der Waals surface area contributed by atoms with Crippen molar-refractivity contribution in [2.45, 2.75) is 32.6 Å². The lowest BCUT2D eigenvalue weighted by atomic mass is 9.82. The van der Waals surface area contributed by atoms with Crippen LogP contribution in [0.25, 0.3) is 0 Å². The smallest absolute Gasteiger partial charge is 0.337 e. The van der Waals surface area contributed by atoms with Gasteiger partial charge in [-0.1, -0.05) is 32.9 Å². The zero-order valence-corrected chi connectivity index (χ0v) is 12.8. The Balaban J connectivity index is 2.19. The molecule has 0 unspecified atom stereocenters. The van der Waals surface area contributed by atoms with Crippen molar-refractivity contribution >= 4 is 5.97 Å². The Morgan fingerprint density at radius 1 is 1.32 bits per heavy atom. The molecule has 0 aliphatic heterocycles. The van der Waals surface area contributed by atoms with Gasteiger partial charge in [-0.2, -0.15) is 0 Å². The summed E-state index contributed by atoms with van der Waals surface area (Å²) >= 11 is 0. The second-order valence-electron chi connectivity index (χ2n) is 5.68. The van der Waals surface area contributed by atoms with Crippen LogP contribution in [0, 0.1) is 5.82 Å². The van der Waals surface area contributed by atoms with E-state index in [9.17, 15) is 9.18 Å². The fourth-order valence-corrected chi connectivity index (χ4v) is 1.91. The zero-order valence-electron chi connectivity index (χ0n) is 12.8. The van der Waals surface area contributed by atoms with Crippen LogP contribution >= 0.6 is 0 Å². The maximum Gasteiger partial charge on any atom is 0.337 e. The van der Waals surface area contributed by atoms with Gasteiger partial charge >= 0.3 is 5.97 Å². The average molecular weight is 303 g/mol. The van der Waals surface area contributed by atoms with Gasteiger partial charge in [0.25, 0.3) is 5.88 Å². The molecule has 22 heavy (non-hydrogen) atoms. The highest BCUT2D eigenvalue weighted by Crippen LogP contribution is 2.29. The molecule has 0 spiro atoms. The number of nitrogens with zero attached hydrogens (tertiary/aromatic N) is 1. The molecule has 5 heteroatoms. The Morgan fingerprint density at radius 3 is 2.45 bits per heavy atom. The molecule has 1 N–H and O–H groups in total. The van der Waals surface area contributed by atoms with Crippen molar-refractivity contribution in [2.75, 3.05) is 0 Å². The Kier molecular flexibility index (Phi) is 4.45. The number of hydrogen-bond acceptors (Lipinski definition) is 3. The molecule has 0 aliphatic rings. The van der Waals surface area contributed by atoms with Crippen LogP contribution in [0.2, 0.25) is 0 Å². The Labute approximate surface area is 128 Å². The van der Waals surface area contributed by atoms with Crippen LogP contribution in [0.15, 0.2) is 36.5 Å². The quantitative estimate of drug-likeness (QED) is 0.889. The Hall–Kier alpha value is -2.43. The highest BCUT2D eigenvalue weighted by molar-refractivity contribution is 5.87. The summed E-state index contributed by atoms with van der Waals surface area (Å²) in [5, 5.41) is 8.77. The van der Waals surface area contributed by atoms with Gasteiger partial charge in [-0.05, 0) is 35.6 Å². The lowest BCUT2D eigenvalue weighted by Crippen LogP contribution is -2.14. The summed E-state index contributed by atoms with van der Waals surface area (Å²) in [6, 6.07) is 8.25. The van der Waals surface area contributed by atoms with E-state index in [4.69, 9.17) is 9.84 Å². The number of benzene rings is 1. The predicted octanol–water partition coefficient (Wildman–Crippen LogP) is 4.40. The summed E-state index contributed by atoms with van der Waals surface area (Å²) in [5.41, 5.74) is 1.01. The summed E-state index contributed by atoms with van der Waals surface area (Å²) in [7, 11) is 0. The van der Waals surface area contributed by atoms with Crippen molar-refractivity contribution in [1.29, 1.82) is 0 Å². The van der Waals surface area contributed by atoms with Crippen molar-refractivity contribution in [1.82, 2.24) is 4.98 Å². The first kappa shape index (κ1) is 15.9. The molecular weight excluding hydrogens is 285 g/mol. The van der Waals surface area contributed by atoms with E-state index in [0.29, 0.717) is 5.75 Å². The first-order valence-electron chi connectivity index (χ1n) is 7.00. The first-order chi connectivity index (χ1) is 10.3. The standard InChI is InChI=1S/C17H18FNO3/c1-4-17(2,3)12-5-7-13(8-6-12)22-15-14(18)9-11(10-19-15)16(20)21/h5-10H,4H2,1-3H3,(H,20,21). The maximum absolute atomic E-state index is 13.8. The van der Waals surface area contributed by atoms with E-state index in [1.807, 2.05) is 12.1 Å². The van der Waals surface area contributed by atoms with Crippen molar-refractivity contribution in [3.63, 3.8) is 0 Å². The normalized spacial score (nSPS) is 11.3. The van der Waals surface area contributed by atoms with Crippen molar-refractivity contribution < 1.29 is 19.0 Å². The molecular formula is C17H18FNO3. The van der Waals surface area contributed by atoms with Crippen LogP contribution in [0.3, 0.4) is 0 Å². The maximum atomic E-state index is 13.8. The number of carboxylic acids is 1. The summed E-state index contributed by atoms with van der Waals surface area (Å²) in [6.07, 6.45) is 2.06. The third kappa shape index (κ3) is 3.42. The molecule has 116 valence electrons. The molecule has 2 rings (SSSR count). The Bertz CT molecular complexity index is 681. The zero-order chi connectivity index (χ0) is 16.3. The minimum Gasteiger partial charge on any atom is -0.478 e. The Morgan fingerprint density at radius 2 is 1.95 bits per heavy atom. The van der Waals surface area contributed by atoms with Gasteiger partial charge in [-0.15, -0.1) is 0 Å². The van der Waals surface area contributed by atoms with Crippen LogP contribution in [0.4, 0.5) is 4.39 Å². The number of aromatic carboxylic acids is 1. The number of aromatic nitrogens is 1. The number of rotatable bonds is 5. The topological polar surface area (TPSA) is 59.4 Å². The van der Waals surface area contributed by atoms with E-state index >= 15 is 0 Å². The monoisotopic (exact) mass is 303 g/mol. The molecule has 0 saturated carbocycles. The summed E-state index contributed by atoms with van der Waals surface area (Å²) in [6.45, 7) is 6.41. The molecule has 0 fully saturated rings. The number of ether oxygens (including phenoxy) is 1. The first-order valence-corrected chi connectivity index (χ1v) is 7.00. The molecule has 0 atom stereocenters. The molecule has 0 aliphatic carbocycles. The molecule has 0 amide bonds. The second kappa shape index (κ2) is 6.13. The largest absolute Gasteiger partial charge is 0.478 e. The third-order valence-electron chi connectivity index (χ3n) is 3.79. The van der Waals surface area contributed by atoms with Crippen LogP contribution in [-0.2, 0) is 5.41 Å². The van der Waals surface area contributed by atoms with Crippen molar-refractivity contribution in [3.05, 3.63) is 53.5 Å². The van der Waals surface area contributed by atoms with Gasteiger partial charge < -0.3 is 9.84 Å². The van der Waals surface area contributed by atoms with Crippen molar-refractivity contribution in [3.8, 4) is 11.6 Å². The molecule has 1 heterocycles. The summed E-state index contributed by atoms with van der Waals surface area (Å²) < 4.78 is 19.1. The van der Waals surface area contributed by atoms with Gasteiger partial charge in [0.2, 0.25) is 0 Å². The van der Waals surface area contributed by atoms with E-state index in [1.165, 1.54) is 0 Å². The van der Waals surface area contributed by atoms with Gasteiger partial charge in [-0.3, -0.25) is 0 Å². The lowest BCUT2D eigenvalue weighted by molar-refractivity contribution is 0.0695. The minimum atomic E-state index is -1.23. The minimum absolute atomic E-state index is 0.0607. The van der Waals surface area contributed by atoms with E-state index in [-0.39, 0.29) is 16.9 Å². The van der Waals surface area contributed by atoms with Gasteiger partial charge in [0.15, 0.2) is 5.82 Å². The number of halogens is 1. The van der Waals surface area contributed by atoms with Crippen LogP contribution in [0.5, 0.6) is 11.6 Å². The fourth-order valence-electron chi connectivity index (χ4n) is 1.91. The van der Waals surface area contributed by atoms with Gasteiger partial charge in [0.1, 0.15) is 5.75 Å². The number of carbonyl (C=O) groups is 1. The van der Waals surface area contributed by atoms with E-state index in [1.54, 1.807) is 12.1 Å². The predicted molar refractivity (Wildman–Crippen MR) is 81.0 cm³/mol.